The van der Waals surface area contributed by atoms with E-state index in [0.29, 0.717) is 18.8 Å². The highest BCUT2D eigenvalue weighted by atomic mass is 16.5. The minimum absolute atomic E-state index is 0.196. The maximum absolute atomic E-state index is 10.2. The van der Waals surface area contributed by atoms with Crippen molar-refractivity contribution in [1.82, 2.24) is 5.16 Å². The Bertz CT molecular complexity index is 244. The van der Waals surface area contributed by atoms with Crippen LogP contribution in [0.5, 0.6) is 5.88 Å². The van der Waals surface area contributed by atoms with Crippen molar-refractivity contribution in [3.8, 4) is 5.88 Å². The predicted molar refractivity (Wildman–Crippen MR) is 42.3 cm³/mol. The van der Waals surface area contributed by atoms with E-state index in [2.05, 4.69) is 16.6 Å². The van der Waals surface area contributed by atoms with E-state index in [-0.39, 0.29) is 5.76 Å². The van der Waals surface area contributed by atoms with E-state index < -0.39 is 0 Å². The third-order valence-electron chi connectivity index (χ3n) is 1.37. The standard InChI is InChI=1S/C8H11NO3/c1-2-3-4-11-8-5-7(6-10)12-9-8/h5-6H,2-4H2,1H3. The zero-order valence-electron chi connectivity index (χ0n) is 6.95. The second kappa shape index (κ2) is 4.54. The van der Waals surface area contributed by atoms with Crippen LogP contribution >= 0.6 is 0 Å². The zero-order chi connectivity index (χ0) is 8.81. The number of aromatic nitrogens is 1. The van der Waals surface area contributed by atoms with Gasteiger partial charge in [0.25, 0.3) is 5.88 Å². The van der Waals surface area contributed by atoms with Crippen LogP contribution in [0.25, 0.3) is 0 Å². The second-order valence-corrected chi connectivity index (χ2v) is 2.39. The molecule has 0 aliphatic heterocycles. The number of hydrogen-bond acceptors (Lipinski definition) is 4. The van der Waals surface area contributed by atoms with Crippen molar-refractivity contribution < 1.29 is 14.1 Å². The van der Waals surface area contributed by atoms with Crippen molar-refractivity contribution in [1.29, 1.82) is 0 Å². The van der Waals surface area contributed by atoms with Crippen LogP contribution in [0.15, 0.2) is 10.6 Å². The zero-order valence-corrected chi connectivity index (χ0v) is 6.95. The summed E-state index contributed by atoms with van der Waals surface area (Å²) in [6.45, 7) is 2.68. The van der Waals surface area contributed by atoms with Crippen molar-refractivity contribution in [3.63, 3.8) is 0 Å². The van der Waals surface area contributed by atoms with Crippen molar-refractivity contribution in [2.45, 2.75) is 19.8 Å². The third kappa shape index (κ3) is 2.38. The number of carbonyl (C=O) groups excluding carboxylic acids is 1. The molecule has 0 N–H and O–H groups in total. The first-order valence-electron chi connectivity index (χ1n) is 3.91. The quantitative estimate of drug-likeness (QED) is 0.497. The Balaban J connectivity index is 2.36. The molecule has 0 radical (unpaired) electrons. The van der Waals surface area contributed by atoms with Gasteiger partial charge in [-0.25, -0.2) is 0 Å². The number of rotatable bonds is 5. The van der Waals surface area contributed by atoms with Gasteiger partial charge in [0.2, 0.25) is 5.76 Å². The molecule has 0 aliphatic carbocycles. The second-order valence-electron chi connectivity index (χ2n) is 2.39. The van der Waals surface area contributed by atoms with Crippen molar-refractivity contribution >= 4 is 6.29 Å². The highest BCUT2D eigenvalue weighted by molar-refractivity contribution is 5.70. The van der Waals surface area contributed by atoms with E-state index >= 15 is 0 Å². The minimum atomic E-state index is 0.196. The molecule has 1 aromatic rings. The molecule has 12 heavy (non-hydrogen) atoms. The lowest BCUT2D eigenvalue weighted by atomic mass is 10.4. The lowest BCUT2D eigenvalue weighted by Gasteiger charge is -1.97. The van der Waals surface area contributed by atoms with Crippen molar-refractivity contribution in [2.75, 3.05) is 6.61 Å². The van der Waals surface area contributed by atoms with Gasteiger partial charge in [-0.2, -0.15) is 0 Å². The molecule has 1 aromatic heterocycles. The number of aldehydes is 1. The Morgan fingerprint density at radius 1 is 1.75 bits per heavy atom. The highest BCUT2D eigenvalue weighted by Gasteiger charge is 2.02. The molecule has 0 atom stereocenters. The highest BCUT2D eigenvalue weighted by Crippen LogP contribution is 2.09. The Labute approximate surface area is 70.5 Å². The summed E-state index contributed by atoms with van der Waals surface area (Å²) in [6, 6.07) is 1.47. The van der Waals surface area contributed by atoms with Gasteiger partial charge in [-0.05, 0) is 11.6 Å². The van der Waals surface area contributed by atoms with E-state index in [4.69, 9.17) is 4.74 Å². The lowest BCUT2D eigenvalue weighted by molar-refractivity contribution is 0.109. The smallest absolute Gasteiger partial charge is 0.254 e. The van der Waals surface area contributed by atoms with Crippen LogP contribution in [0.4, 0.5) is 0 Å². The van der Waals surface area contributed by atoms with Crippen LogP contribution in [-0.2, 0) is 0 Å². The molecule has 0 saturated carbocycles. The van der Waals surface area contributed by atoms with Gasteiger partial charge in [0, 0.05) is 0 Å². The fraction of sp³-hybridized carbons (Fsp3) is 0.500. The van der Waals surface area contributed by atoms with Crippen molar-refractivity contribution in [3.05, 3.63) is 11.8 Å². The summed E-state index contributed by atoms with van der Waals surface area (Å²) in [7, 11) is 0. The van der Waals surface area contributed by atoms with Gasteiger partial charge in [0.15, 0.2) is 6.29 Å². The monoisotopic (exact) mass is 169 g/mol. The molecule has 4 heteroatoms. The summed E-state index contributed by atoms with van der Waals surface area (Å²) in [6.07, 6.45) is 2.64. The summed E-state index contributed by atoms with van der Waals surface area (Å²) < 4.78 is 9.77. The number of unbranched alkanes of at least 4 members (excludes halogenated alkanes) is 1. The molecule has 0 unspecified atom stereocenters. The Morgan fingerprint density at radius 3 is 3.17 bits per heavy atom. The first-order valence-corrected chi connectivity index (χ1v) is 3.91. The number of ether oxygens (including phenoxy) is 1. The van der Waals surface area contributed by atoms with E-state index in [1.807, 2.05) is 0 Å². The summed E-state index contributed by atoms with van der Waals surface area (Å²) >= 11 is 0. The van der Waals surface area contributed by atoms with Gasteiger partial charge in [-0.15, -0.1) is 0 Å². The molecule has 0 amide bonds. The SMILES string of the molecule is CCCCOc1cc(C=O)on1. The van der Waals surface area contributed by atoms with E-state index in [1.165, 1.54) is 6.07 Å². The molecular formula is C8H11NO3. The van der Waals surface area contributed by atoms with Gasteiger partial charge in [0.1, 0.15) is 0 Å². The number of carbonyl (C=O) groups is 1. The first-order chi connectivity index (χ1) is 5.86. The van der Waals surface area contributed by atoms with Gasteiger partial charge in [0.05, 0.1) is 12.7 Å². The van der Waals surface area contributed by atoms with E-state index in [1.54, 1.807) is 0 Å². The molecule has 1 rings (SSSR count). The molecule has 0 bridgehead atoms. The van der Waals surface area contributed by atoms with Crippen LogP contribution < -0.4 is 4.74 Å². The lowest BCUT2D eigenvalue weighted by Crippen LogP contribution is -1.95. The summed E-state index contributed by atoms with van der Waals surface area (Å²) in [5.74, 6) is 0.576. The Kier molecular flexibility index (Phi) is 3.32. The van der Waals surface area contributed by atoms with Crippen LogP contribution in [0, 0.1) is 0 Å². The average Bonchev–Trinajstić information content (AvgIpc) is 2.53. The minimum Gasteiger partial charge on any atom is -0.475 e. The van der Waals surface area contributed by atoms with Gasteiger partial charge < -0.3 is 9.26 Å². The fourth-order valence-corrected chi connectivity index (χ4v) is 0.717. The molecule has 66 valence electrons. The van der Waals surface area contributed by atoms with Crippen LogP contribution in [0.1, 0.15) is 30.3 Å². The van der Waals surface area contributed by atoms with E-state index in [9.17, 15) is 4.79 Å². The largest absolute Gasteiger partial charge is 0.475 e. The summed E-state index contributed by atoms with van der Waals surface area (Å²) in [5, 5.41) is 3.53. The molecular weight excluding hydrogens is 158 g/mol. The van der Waals surface area contributed by atoms with Gasteiger partial charge in [-0.1, -0.05) is 13.3 Å². The number of hydrogen-bond donors (Lipinski definition) is 0. The molecule has 0 saturated heterocycles. The molecule has 1 heterocycles. The Morgan fingerprint density at radius 2 is 2.58 bits per heavy atom. The van der Waals surface area contributed by atoms with Crippen molar-refractivity contribution in [2.24, 2.45) is 0 Å². The third-order valence-corrected chi connectivity index (χ3v) is 1.37. The van der Waals surface area contributed by atoms with Gasteiger partial charge >= 0.3 is 0 Å². The summed E-state index contributed by atoms with van der Waals surface area (Å²) in [4.78, 5) is 10.2. The predicted octanol–water partition coefficient (Wildman–Crippen LogP) is 1.67. The topological polar surface area (TPSA) is 52.3 Å². The first kappa shape index (κ1) is 8.77. The maximum Gasteiger partial charge on any atom is 0.254 e. The molecule has 0 spiro atoms. The average molecular weight is 169 g/mol. The fourth-order valence-electron chi connectivity index (χ4n) is 0.717. The van der Waals surface area contributed by atoms with Crippen LogP contribution in [0.3, 0.4) is 0 Å². The maximum atomic E-state index is 10.2. The molecule has 0 aliphatic rings. The Hall–Kier alpha value is -1.32. The van der Waals surface area contributed by atoms with E-state index in [0.717, 1.165) is 12.8 Å². The number of nitrogens with zero attached hydrogens (tertiary/aromatic N) is 1. The molecule has 4 nitrogen and oxygen atoms in total. The van der Waals surface area contributed by atoms with Crippen LogP contribution in [-0.4, -0.2) is 18.0 Å². The normalized spacial score (nSPS) is 9.75. The van der Waals surface area contributed by atoms with Gasteiger partial charge in [-0.3, -0.25) is 4.79 Å². The van der Waals surface area contributed by atoms with Crippen LogP contribution in [0.2, 0.25) is 0 Å². The molecule has 0 fully saturated rings. The molecule has 0 aromatic carbocycles. The summed E-state index contributed by atoms with van der Waals surface area (Å²) in [5.41, 5.74) is 0.